The molecule has 28 heavy (non-hydrogen) atoms. The lowest BCUT2D eigenvalue weighted by Gasteiger charge is -2.09. The number of hydrogen-bond donors (Lipinski definition) is 4. The number of nitro groups is 1. The quantitative estimate of drug-likeness (QED) is 0.130. The summed E-state index contributed by atoms with van der Waals surface area (Å²) in [4.78, 5) is 24.1. The van der Waals surface area contributed by atoms with Crippen molar-refractivity contribution in [1.82, 2.24) is 9.88 Å². The fourth-order valence-corrected chi connectivity index (χ4v) is 2.92. The maximum Gasteiger partial charge on any atom is 0.300 e. The lowest BCUT2D eigenvalue weighted by atomic mass is 10.1. The number of carbonyl (C=O) groups excluding carboxylic acids is 1. The molecule has 1 heterocycles. The van der Waals surface area contributed by atoms with Gasteiger partial charge in [-0.05, 0) is 17.7 Å². The van der Waals surface area contributed by atoms with Gasteiger partial charge in [0, 0.05) is 24.1 Å². The Hall–Kier alpha value is -3.81. The molecule has 0 aliphatic carbocycles. The number of aromatic nitrogens is 1. The third kappa shape index (κ3) is 4.12. The topological polar surface area (TPSA) is 221 Å². The Kier molecular flexibility index (Phi) is 5.73. The number of amides is 1. The van der Waals surface area contributed by atoms with E-state index in [9.17, 15) is 33.5 Å². The van der Waals surface area contributed by atoms with Crippen molar-refractivity contribution in [1.29, 1.82) is 0 Å². The molecule has 0 unspecified atom stereocenters. The Morgan fingerprint density at radius 3 is 2.61 bits per heavy atom. The fourth-order valence-electron chi connectivity index (χ4n) is 2.32. The van der Waals surface area contributed by atoms with E-state index in [0.717, 1.165) is 12.1 Å². The normalized spacial score (nSPS) is 10.9. The number of hydrogen-bond acceptors (Lipinski definition) is 8. The van der Waals surface area contributed by atoms with E-state index in [1.165, 1.54) is 6.07 Å². The molecule has 1 amide bonds. The lowest BCUT2D eigenvalue weighted by molar-refractivity contribution is -0.384. The average Bonchev–Trinajstić information content (AvgIpc) is 2.89. The largest absolute Gasteiger partial charge is 0.494 e. The van der Waals surface area contributed by atoms with Gasteiger partial charge >= 0.3 is 0 Å². The van der Waals surface area contributed by atoms with Gasteiger partial charge in [-0.25, -0.2) is 0 Å². The van der Waals surface area contributed by atoms with E-state index in [2.05, 4.69) is 15.3 Å². The van der Waals surface area contributed by atoms with Crippen molar-refractivity contribution in [3.05, 3.63) is 50.4 Å². The van der Waals surface area contributed by atoms with Crippen LogP contribution in [0.25, 0.3) is 10.4 Å². The maximum atomic E-state index is 12.2. The van der Waals surface area contributed by atoms with Crippen LogP contribution in [0.3, 0.4) is 0 Å². The summed E-state index contributed by atoms with van der Waals surface area (Å²) >= 11 is 0. The first-order valence-corrected chi connectivity index (χ1v) is 8.71. The number of aromatic hydroxyl groups is 2. The van der Waals surface area contributed by atoms with E-state index in [-0.39, 0.29) is 18.8 Å². The predicted octanol–water partition coefficient (Wildman–Crippen LogP) is 1.43. The van der Waals surface area contributed by atoms with Gasteiger partial charge in [-0.3, -0.25) is 24.0 Å². The van der Waals surface area contributed by atoms with Gasteiger partial charge in [0.1, 0.15) is 11.3 Å². The molecule has 0 saturated carbocycles. The van der Waals surface area contributed by atoms with Crippen molar-refractivity contribution in [3.63, 3.8) is 0 Å². The molecule has 0 saturated heterocycles. The minimum atomic E-state index is -4.78. The Labute approximate surface area is 156 Å². The summed E-state index contributed by atoms with van der Waals surface area (Å²) in [7, 11) is -4.78. The molecule has 148 valence electrons. The van der Waals surface area contributed by atoms with E-state index in [4.69, 9.17) is 10.1 Å². The van der Waals surface area contributed by atoms with E-state index >= 15 is 0 Å². The Morgan fingerprint density at radius 2 is 2.07 bits per heavy atom. The second-order valence-corrected chi connectivity index (χ2v) is 6.58. The summed E-state index contributed by atoms with van der Waals surface area (Å²) in [5.74, 6) is -2.57. The molecule has 2 aromatic rings. The minimum Gasteiger partial charge on any atom is -0.494 e. The predicted molar refractivity (Wildman–Crippen MR) is 91.8 cm³/mol. The van der Waals surface area contributed by atoms with Crippen molar-refractivity contribution in [3.8, 4) is 11.8 Å². The minimum absolute atomic E-state index is 0.289. The van der Waals surface area contributed by atoms with Gasteiger partial charge in [0.25, 0.3) is 21.7 Å². The number of nitrogens with zero attached hydrogens (tertiary/aromatic N) is 5. The van der Waals surface area contributed by atoms with Gasteiger partial charge in [0.2, 0.25) is 5.88 Å². The number of azide groups is 1. The standard InChI is InChI=1S/C13H12N6O8S/c14-17-16-8-3-1-2-7(11(8)19(23)24)12(21)15-4-5-18-10(20)6-9(13(18)22)28(25,26)27/h1-3,6,20,22H,4-5H2,(H,15,21)(H,25,26,27). The Morgan fingerprint density at radius 1 is 1.39 bits per heavy atom. The molecule has 4 N–H and O–H groups in total. The van der Waals surface area contributed by atoms with Crippen molar-refractivity contribution >= 4 is 27.4 Å². The highest BCUT2D eigenvalue weighted by molar-refractivity contribution is 7.86. The summed E-state index contributed by atoms with van der Waals surface area (Å²) in [6.07, 6.45) is 0. The van der Waals surface area contributed by atoms with Crippen molar-refractivity contribution in [2.75, 3.05) is 6.54 Å². The van der Waals surface area contributed by atoms with Crippen LogP contribution in [0.2, 0.25) is 0 Å². The smallest absolute Gasteiger partial charge is 0.300 e. The zero-order valence-electron chi connectivity index (χ0n) is 13.8. The average molecular weight is 412 g/mol. The molecular formula is C13H12N6O8S. The van der Waals surface area contributed by atoms with Crippen molar-refractivity contribution in [2.24, 2.45) is 5.11 Å². The molecular weight excluding hydrogens is 400 g/mol. The SMILES string of the molecule is [N-]=[N+]=Nc1cccc(C(=O)NCCn2c(O)cc(S(=O)(=O)O)c2O)c1[N+](=O)[O-]. The number of nitrogens with one attached hydrogen (secondary N) is 1. The molecule has 0 fully saturated rings. The molecule has 0 aliphatic rings. The van der Waals surface area contributed by atoms with Gasteiger partial charge in [-0.1, -0.05) is 11.2 Å². The highest BCUT2D eigenvalue weighted by Gasteiger charge is 2.25. The van der Waals surface area contributed by atoms with Crippen molar-refractivity contribution in [2.45, 2.75) is 11.4 Å². The molecule has 1 aromatic heterocycles. The van der Waals surface area contributed by atoms with Gasteiger partial charge < -0.3 is 15.5 Å². The van der Waals surface area contributed by atoms with Crippen molar-refractivity contribution < 1.29 is 32.9 Å². The molecule has 2 rings (SSSR count). The number of rotatable bonds is 7. The van der Waals surface area contributed by atoms with Crippen LogP contribution in [0, 0.1) is 10.1 Å². The zero-order valence-corrected chi connectivity index (χ0v) is 14.6. The van der Waals surface area contributed by atoms with Crippen LogP contribution in [-0.4, -0.2) is 45.1 Å². The Balaban J connectivity index is 2.21. The number of para-hydroxylation sites is 1. The number of benzene rings is 1. The molecule has 0 spiro atoms. The highest BCUT2D eigenvalue weighted by atomic mass is 32.2. The van der Waals surface area contributed by atoms with E-state index in [1.54, 1.807) is 0 Å². The monoisotopic (exact) mass is 412 g/mol. The van der Waals surface area contributed by atoms with E-state index in [0.29, 0.717) is 10.6 Å². The molecule has 0 radical (unpaired) electrons. The van der Waals surface area contributed by atoms with Crippen LogP contribution < -0.4 is 5.32 Å². The first kappa shape index (κ1) is 20.5. The summed E-state index contributed by atoms with van der Waals surface area (Å²) in [6, 6.07) is 4.17. The van der Waals surface area contributed by atoms with Gasteiger partial charge in [-0.2, -0.15) is 8.42 Å². The van der Waals surface area contributed by atoms with Gasteiger partial charge in [0.05, 0.1) is 4.92 Å². The molecule has 14 nitrogen and oxygen atoms in total. The molecule has 1 aromatic carbocycles. The number of nitro benzene ring substituents is 1. The highest BCUT2D eigenvalue weighted by Crippen LogP contribution is 2.32. The van der Waals surface area contributed by atoms with Crippen LogP contribution in [-0.2, 0) is 16.7 Å². The molecule has 0 bridgehead atoms. The fraction of sp³-hybridized carbons (Fsp3) is 0.154. The van der Waals surface area contributed by atoms with E-state index < -0.39 is 48.9 Å². The van der Waals surface area contributed by atoms with Crippen LogP contribution in [0.4, 0.5) is 11.4 Å². The van der Waals surface area contributed by atoms with E-state index in [1.807, 2.05) is 0 Å². The summed E-state index contributed by atoms with van der Waals surface area (Å²) in [5.41, 5.74) is 6.99. The first-order chi connectivity index (χ1) is 13.1. The summed E-state index contributed by atoms with van der Waals surface area (Å²) in [6.45, 7) is -0.620. The third-order valence-electron chi connectivity index (χ3n) is 3.51. The first-order valence-electron chi connectivity index (χ1n) is 7.27. The second-order valence-electron chi connectivity index (χ2n) is 5.19. The summed E-state index contributed by atoms with van der Waals surface area (Å²) in [5, 5.41) is 36.0. The maximum absolute atomic E-state index is 12.2. The van der Waals surface area contributed by atoms with Crippen LogP contribution in [0.1, 0.15) is 10.4 Å². The van der Waals surface area contributed by atoms with Crippen LogP contribution in [0.15, 0.2) is 34.3 Å². The number of carbonyl (C=O) groups is 1. The Bertz CT molecular complexity index is 1100. The molecule has 15 heteroatoms. The zero-order chi connectivity index (χ0) is 21.1. The van der Waals surface area contributed by atoms with Gasteiger partial charge in [-0.15, -0.1) is 0 Å². The molecule has 0 aliphatic heterocycles. The lowest BCUT2D eigenvalue weighted by Crippen LogP contribution is -2.27. The summed E-state index contributed by atoms with van der Waals surface area (Å²) < 4.78 is 31.8. The van der Waals surface area contributed by atoms with Gasteiger partial charge in [0.15, 0.2) is 10.8 Å². The molecule has 0 atom stereocenters. The van der Waals surface area contributed by atoms with Crippen LogP contribution in [0.5, 0.6) is 11.8 Å². The third-order valence-corrected chi connectivity index (χ3v) is 4.36. The second kappa shape index (κ2) is 7.83. The van der Waals surface area contributed by atoms with Crippen LogP contribution >= 0.6 is 0 Å².